The van der Waals surface area contributed by atoms with Crippen LogP contribution in [0.3, 0.4) is 0 Å². The molecule has 0 fully saturated rings. The van der Waals surface area contributed by atoms with Crippen molar-refractivity contribution in [2.45, 2.75) is 6.61 Å². The van der Waals surface area contributed by atoms with Gasteiger partial charge in [-0.2, -0.15) is 0 Å². The summed E-state index contributed by atoms with van der Waals surface area (Å²) in [5.41, 5.74) is 1.44. The second-order valence-electron chi connectivity index (χ2n) is 5.43. The van der Waals surface area contributed by atoms with Gasteiger partial charge in [-0.15, -0.1) is 11.3 Å². The molecule has 3 rings (SSSR count). The Kier molecular flexibility index (Phi) is 5.53. The highest BCUT2D eigenvalue weighted by atomic mass is 79.9. The molecule has 3 aromatic rings. The summed E-state index contributed by atoms with van der Waals surface area (Å²) in [5.74, 6) is 0.156. The van der Waals surface area contributed by atoms with E-state index in [1.54, 1.807) is 20.2 Å². The van der Waals surface area contributed by atoms with Crippen LogP contribution in [0.4, 0.5) is 0 Å². The molecule has 0 amide bonds. The van der Waals surface area contributed by atoms with Gasteiger partial charge in [0, 0.05) is 29.2 Å². The van der Waals surface area contributed by atoms with Crippen LogP contribution in [-0.2, 0) is 18.4 Å². The Morgan fingerprint density at radius 1 is 1.31 bits per heavy atom. The molecule has 134 valence electrons. The van der Waals surface area contributed by atoms with Crippen LogP contribution in [0, 0.1) is 0 Å². The molecule has 0 aliphatic carbocycles. The van der Waals surface area contributed by atoms with Crippen molar-refractivity contribution in [3.8, 4) is 16.3 Å². The van der Waals surface area contributed by atoms with E-state index in [9.17, 15) is 9.59 Å². The normalized spacial score (nSPS) is 10.6. The predicted molar refractivity (Wildman–Crippen MR) is 103 cm³/mol. The highest BCUT2D eigenvalue weighted by molar-refractivity contribution is 9.10. The smallest absolute Gasteiger partial charge is 0.338 e. The number of halogens is 1. The molecular formula is C18H15BrN2O4S. The maximum absolute atomic E-state index is 12.1. The summed E-state index contributed by atoms with van der Waals surface area (Å²) >= 11 is 4.88. The van der Waals surface area contributed by atoms with Crippen molar-refractivity contribution in [3.05, 3.63) is 68.0 Å². The predicted octanol–water partition coefficient (Wildman–Crippen LogP) is 3.64. The number of aryl methyl sites for hydroxylation is 1. The zero-order chi connectivity index (χ0) is 18.7. The third-order valence-electron chi connectivity index (χ3n) is 3.63. The fourth-order valence-electron chi connectivity index (χ4n) is 2.24. The van der Waals surface area contributed by atoms with E-state index < -0.39 is 5.97 Å². The van der Waals surface area contributed by atoms with Crippen LogP contribution in [-0.4, -0.2) is 22.6 Å². The summed E-state index contributed by atoms with van der Waals surface area (Å²) in [6.45, 7) is 0.0286. The molecule has 0 aliphatic rings. The van der Waals surface area contributed by atoms with Gasteiger partial charge in [-0.05, 0) is 24.3 Å². The molecule has 0 atom stereocenters. The van der Waals surface area contributed by atoms with Crippen molar-refractivity contribution in [3.63, 3.8) is 0 Å². The van der Waals surface area contributed by atoms with Gasteiger partial charge >= 0.3 is 5.97 Å². The SMILES string of the molecule is COc1ccc(Br)cc1-c1nc(COC(=O)c2ccn(C)c(=O)c2)cs1. The van der Waals surface area contributed by atoms with E-state index in [1.807, 2.05) is 23.6 Å². The third-order valence-corrected chi connectivity index (χ3v) is 5.05. The van der Waals surface area contributed by atoms with Gasteiger partial charge < -0.3 is 14.0 Å². The summed E-state index contributed by atoms with van der Waals surface area (Å²) in [5, 5.41) is 2.59. The van der Waals surface area contributed by atoms with Gasteiger partial charge in [0.1, 0.15) is 17.4 Å². The largest absolute Gasteiger partial charge is 0.496 e. The minimum atomic E-state index is -0.558. The Morgan fingerprint density at radius 2 is 2.12 bits per heavy atom. The Morgan fingerprint density at radius 3 is 2.85 bits per heavy atom. The van der Waals surface area contributed by atoms with E-state index in [1.165, 1.54) is 28.2 Å². The van der Waals surface area contributed by atoms with Gasteiger partial charge in [-0.1, -0.05) is 15.9 Å². The van der Waals surface area contributed by atoms with E-state index >= 15 is 0 Å². The molecule has 2 heterocycles. The first-order valence-electron chi connectivity index (χ1n) is 7.60. The number of carbonyl (C=O) groups excluding carboxylic acids is 1. The standard InChI is InChI=1S/C18H15BrN2O4S/c1-21-6-5-11(7-16(21)22)18(23)25-9-13-10-26-17(20-13)14-8-12(19)3-4-15(14)24-2/h3-8,10H,9H2,1-2H3. The van der Waals surface area contributed by atoms with Crippen molar-refractivity contribution < 1.29 is 14.3 Å². The summed E-state index contributed by atoms with van der Waals surface area (Å²) < 4.78 is 12.9. The highest BCUT2D eigenvalue weighted by Gasteiger charge is 2.13. The molecule has 0 spiro atoms. The summed E-state index contributed by atoms with van der Waals surface area (Å²) in [6, 6.07) is 8.47. The number of rotatable bonds is 5. The summed E-state index contributed by atoms with van der Waals surface area (Å²) in [6.07, 6.45) is 1.53. The number of methoxy groups -OCH3 is 1. The molecule has 26 heavy (non-hydrogen) atoms. The second-order valence-corrected chi connectivity index (χ2v) is 7.20. The number of hydrogen-bond acceptors (Lipinski definition) is 6. The molecule has 0 unspecified atom stereocenters. The zero-order valence-electron chi connectivity index (χ0n) is 14.1. The molecular weight excluding hydrogens is 420 g/mol. The number of carbonyl (C=O) groups is 1. The number of aromatic nitrogens is 2. The lowest BCUT2D eigenvalue weighted by Crippen LogP contribution is -2.17. The average molecular weight is 435 g/mol. The van der Waals surface area contributed by atoms with Crippen LogP contribution < -0.4 is 10.3 Å². The topological polar surface area (TPSA) is 70.4 Å². The molecule has 0 saturated carbocycles. The quantitative estimate of drug-likeness (QED) is 0.573. The van der Waals surface area contributed by atoms with Crippen molar-refractivity contribution >= 4 is 33.2 Å². The lowest BCUT2D eigenvalue weighted by atomic mass is 10.2. The van der Waals surface area contributed by atoms with Crippen LogP contribution in [0.5, 0.6) is 5.75 Å². The van der Waals surface area contributed by atoms with Crippen molar-refractivity contribution in [2.24, 2.45) is 7.05 Å². The molecule has 0 saturated heterocycles. The Balaban J connectivity index is 1.73. The number of nitrogens with zero attached hydrogens (tertiary/aromatic N) is 2. The van der Waals surface area contributed by atoms with Gasteiger partial charge in [-0.3, -0.25) is 4.79 Å². The minimum Gasteiger partial charge on any atom is -0.496 e. The van der Waals surface area contributed by atoms with Crippen LogP contribution >= 0.6 is 27.3 Å². The van der Waals surface area contributed by atoms with Gasteiger partial charge in [0.05, 0.1) is 23.9 Å². The lowest BCUT2D eigenvalue weighted by molar-refractivity contribution is 0.0468. The summed E-state index contributed by atoms with van der Waals surface area (Å²) in [7, 11) is 3.22. The summed E-state index contributed by atoms with van der Waals surface area (Å²) in [4.78, 5) is 28.2. The van der Waals surface area contributed by atoms with E-state index in [2.05, 4.69) is 20.9 Å². The number of ether oxygens (including phenoxy) is 2. The number of pyridine rings is 1. The van der Waals surface area contributed by atoms with Crippen molar-refractivity contribution in [1.82, 2.24) is 9.55 Å². The number of thiazole rings is 1. The van der Waals surface area contributed by atoms with E-state index in [0.29, 0.717) is 11.4 Å². The Labute approximate surface area is 162 Å². The van der Waals surface area contributed by atoms with Gasteiger partial charge in [0.2, 0.25) is 0 Å². The molecule has 1 aromatic carbocycles. The van der Waals surface area contributed by atoms with Gasteiger partial charge in [0.25, 0.3) is 5.56 Å². The van der Waals surface area contributed by atoms with Gasteiger partial charge in [-0.25, -0.2) is 9.78 Å². The maximum atomic E-state index is 12.1. The molecule has 0 radical (unpaired) electrons. The fraction of sp³-hybridized carbons (Fsp3) is 0.167. The minimum absolute atomic E-state index is 0.0286. The van der Waals surface area contributed by atoms with Crippen LogP contribution in [0.25, 0.3) is 10.6 Å². The van der Waals surface area contributed by atoms with Gasteiger partial charge in [0.15, 0.2) is 0 Å². The van der Waals surface area contributed by atoms with Crippen molar-refractivity contribution in [2.75, 3.05) is 7.11 Å². The Bertz CT molecular complexity index is 1010. The fourth-order valence-corrected chi connectivity index (χ4v) is 3.43. The molecule has 2 aromatic heterocycles. The van der Waals surface area contributed by atoms with Crippen molar-refractivity contribution in [1.29, 1.82) is 0 Å². The van der Waals surface area contributed by atoms with E-state index in [0.717, 1.165) is 15.0 Å². The third kappa shape index (κ3) is 4.03. The molecule has 0 bridgehead atoms. The second kappa shape index (κ2) is 7.84. The zero-order valence-corrected chi connectivity index (χ0v) is 16.5. The van der Waals surface area contributed by atoms with E-state index in [-0.39, 0.29) is 17.7 Å². The lowest BCUT2D eigenvalue weighted by Gasteiger charge is -2.06. The van der Waals surface area contributed by atoms with Crippen LogP contribution in [0.1, 0.15) is 16.1 Å². The first-order chi connectivity index (χ1) is 12.5. The van der Waals surface area contributed by atoms with Crippen LogP contribution in [0.2, 0.25) is 0 Å². The average Bonchev–Trinajstić information content (AvgIpc) is 3.11. The molecule has 8 heteroatoms. The number of esters is 1. The van der Waals surface area contributed by atoms with Crippen LogP contribution in [0.15, 0.2) is 51.2 Å². The first kappa shape index (κ1) is 18.3. The molecule has 0 aliphatic heterocycles. The van der Waals surface area contributed by atoms with E-state index in [4.69, 9.17) is 9.47 Å². The maximum Gasteiger partial charge on any atom is 0.338 e. The molecule has 6 nitrogen and oxygen atoms in total. The number of hydrogen-bond donors (Lipinski definition) is 0. The molecule has 0 N–H and O–H groups in total. The Hall–Kier alpha value is -2.45. The number of benzene rings is 1. The highest BCUT2D eigenvalue weighted by Crippen LogP contribution is 2.34. The first-order valence-corrected chi connectivity index (χ1v) is 9.27. The monoisotopic (exact) mass is 434 g/mol.